The standard InChI is InChI=1S/C18H20ClN5O2/c1-13-21-18(26-22-13)12-24-8-6-23(7-9-24)11-17-20-10-16(25-17)14-2-4-15(19)5-3-14/h2-5,10H,6-9,11-12H2,1H3. The smallest absolute Gasteiger partial charge is 0.240 e. The molecule has 26 heavy (non-hydrogen) atoms. The number of benzene rings is 1. The van der Waals surface area contributed by atoms with E-state index in [0.29, 0.717) is 29.8 Å². The van der Waals surface area contributed by atoms with Crippen LogP contribution in [0.5, 0.6) is 0 Å². The van der Waals surface area contributed by atoms with E-state index < -0.39 is 0 Å². The van der Waals surface area contributed by atoms with Gasteiger partial charge in [-0.3, -0.25) is 9.80 Å². The van der Waals surface area contributed by atoms with Crippen LogP contribution < -0.4 is 0 Å². The molecule has 1 saturated heterocycles. The zero-order chi connectivity index (χ0) is 17.9. The Morgan fingerprint density at radius 1 is 1.00 bits per heavy atom. The van der Waals surface area contributed by atoms with Gasteiger partial charge in [-0.15, -0.1) is 0 Å². The fourth-order valence-corrected chi connectivity index (χ4v) is 3.15. The second-order valence-corrected chi connectivity index (χ2v) is 6.85. The molecule has 0 N–H and O–H groups in total. The fraction of sp³-hybridized carbons (Fsp3) is 0.389. The number of rotatable bonds is 5. The van der Waals surface area contributed by atoms with Gasteiger partial charge in [0.15, 0.2) is 11.6 Å². The van der Waals surface area contributed by atoms with Crippen LogP contribution in [-0.2, 0) is 13.1 Å². The lowest BCUT2D eigenvalue weighted by atomic mass is 10.2. The van der Waals surface area contributed by atoms with Gasteiger partial charge in [0.2, 0.25) is 11.8 Å². The largest absolute Gasteiger partial charge is 0.439 e. The molecule has 0 unspecified atom stereocenters. The fourth-order valence-electron chi connectivity index (χ4n) is 3.02. The second-order valence-electron chi connectivity index (χ2n) is 6.41. The molecule has 0 bridgehead atoms. The Labute approximate surface area is 156 Å². The third-order valence-electron chi connectivity index (χ3n) is 4.43. The first-order chi connectivity index (χ1) is 12.7. The SMILES string of the molecule is Cc1noc(CN2CCN(Cc3ncc(-c4ccc(Cl)cc4)o3)CC2)n1. The van der Waals surface area contributed by atoms with E-state index in [1.807, 2.05) is 31.2 Å². The summed E-state index contributed by atoms with van der Waals surface area (Å²) in [5.41, 5.74) is 0.979. The predicted octanol–water partition coefficient (Wildman–Crippen LogP) is 3.00. The number of halogens is 1. The number of oxazole rings is 1. The molecule has 1 aliphatic heterocycles. The molecule has 4 rings (SSSR count). The molecular formula is C18H20ClN5O2. The van der Waals surface area contributed by atoms with Gasteiger partial charge in [0, 0.05) is 36.8 Å². The summed E-state index contributed by atoms with van der Waals surface area (Å²) in [5.74, 6) is 2.85. The molecule has 0 aliphatic carbocycles. The zero-order valence-electron chi connectivity index (χ0n) is 14.6. The monoisotopic (exact) mass is 373 g/mol. The van der Waals surface area contributed by atoms with Gasteiger partial charge in [-0.05, 0) is 31.2 Å². The van der Waals surface area contributed by atoms with Crippen LogP contribution in [0.2, 0.25) is 5.02 Å². The van der Waals surface area contributed by atoms with Crippen molar-refractivity contribution in [3.8, 4) is 11.3 Å². The minimum atomic E-state index is 0.677. The molecule has 8 heteroatoms. The Hall–Kier alpha value is -2.22. The van der Waals surface area contributed by atoms with Crippen molar-refractivity contribution in [2.24, 2.45) is 0 Å². The topological polar surface area (TPSA) is 71.4 Å². The quantitative estimate of drug-likeness (QED) is 0.680. The van der Waals surface area contributed by atoms with E-state index in [4.69, 9.17) is 20.5 Å². The van der Waals surface area contributed by atoms with Crippen LogP contribution in [0.4, 0.5) is 0 Å². The van der Waals surface area contributed by atoms with Crippen molar-refractivity contribution >= 4 is 11.6 Å². The molecule has 0 amide bonds. The molecule has 3 heterocycles. The maximum absolute atomic E-state index is 5.93. The van der Waals surface area contributed by atoms with Crippen molar-refractivity contribution in [2.75, 3.05) is 26.2 Å². The van der Waals surface area contributed by atoms with Crippen LogP contribution >= 0.6 is 11.6 Å². The lowest BCUT2D eigenvalue weighted by molar-refractivity contribution is 0.106. The van der Waals surface area contributed by atoms with Crippen LogP contribution in [0.1, 0.15) is 17.6 Å². The first-order valence-corrected chi connectivity index (χ1v) is 8.98. The molecule has 7 nitrogen and oxygen atoms in total. The first-order valence-electron chi connectivity index (χ1n) is 8.60. The van der Waals surface area contributed by atoms with E-state index >= 15 is 0 Å². The molecule has 0 saturated carbocycles. The Morgan fingerprint density at radius 2 is 1.65 bits per heavy atom. The first kappa shape index (κ1) is 17.2. The van der Waals surface area contributed by atoms with Crippen LogP contribution in [0, 0.1) is 6.92 Å². The Balaban J connectivity index is 1.30. The maximum atomic E-state index is 5.93. The zero-order valence-corrected chi connectivity index (χ0v) is 15.3. The van der Waals surface area contributed by atoms with Crippen molar-refractivity contribution in [1.29, 1.82) is 0 Å². The summed E-state index contributed by atoms with van der Waals surface area (Å²) >= 11 is 5.93. The van der Waals surface area contributed by atoms with Gasteiger partial charge in [-0.1, -0.05) is 16.8 Å². The van der Waals surface area contributed by atoms with E-state index in [1.54, 1.807) is 6.20 Å². The van der Waals surface area contributed by atoms with Crippen LogP contribution in [0.25, 0.3) is 11.3 Å². The van der Waals surface area contributed by atoms with Gasteiger partial charge in [-0.2, -0.15) is 4.98 Å². The van der Waals surface area contributed by atoms with Crippen LogP contribution in [0.15, 0.2) is 39.4 Å². The molecule has 3 aromatic rings. The van der Waals surface area contributed by atoms with Crippen molar-refractivity contribution < 1.29 is 8.94 Å². The number of hydrogen-bond donors (Lipinski definition) is 0. The number of nitrogens with zero attached hydrogens (tertiary/aromatic N) is 5. The third kappa shape index (κ3) is 4.12. The third-order valence-corrected chi connectivity index (χ3v) is 4.69. The van der Waals surface area contributed by atoms with E-state index in [-0.39, 0.29) is 0 Å². The van der Waals surface area contributed by atoms with Crippen LogP contribution in [-0.4, -0.2) is 51.1 Å². The normalized spacial score (nSPS) is 16.2. The molecule has 0 radical (unpaired) electrons. The number of aromatic nitrogens is 3. The summed E-state index contributed by atoms with van der Waals surface area (Å²) in [4.78, 5) is 13.3. The van der Waals surface area contributed by atoms with E-state index in [0.717, 1.165) is 43.4 Å². The van der Waals surface area contributed by atoms with Gasteiger partial charge in [0.1, 0.15) is 0 Å². The molecule has 0 spiro atoms. The maximum Gasteiger partial charge on any atom is 0.240 e. The molecule has 2 aromatic heterocycles. The highest BCUT2D eigenvalue weighted by atomic mass is 35.5. The highest BCUT2D eigenvalue weighted by molar-refractivity contribution is 6.30. The summed E-state index contributed by atoms with van der Waals surface area (Å²) in [6.45, 7) is 7.05. The Kier molecular flexibility index (Phi) is 5.01. The molecule has 0 atom stereocenters. The summed E-state index contributed by atoms with van der Waals surface area (Å²) in [5, 5.41) is 4.54. The van der Waals surface area contributed by atoms with Crippen molar-refractivity contribution in [3.63, 3.8) is 0 Å². The number of aryl methyl sites for hydroxylation is 1. The number of hydrogen-bond acceptors (Lipinski definition) is 7. The van der Waals surface area contributed by atoms with Crippen molar-refractivity contribution in [2.45, 2.75) is 20.0 Å². The average molecular weight is 374 g/mol. The minimum Gasteiger partial charge on any atom is -0.439 e. The minimum absolute atomic E-state index is 0.677. The van der Waals surface area contributed by atoms with Crippen molar-refractivity contribution in [1.82, 2.24) is 24.9 Å². The molecule has 136 valence electrons. The second kappa shape index (κ2) is 7.57. The van der Waals surface area contributed by atoms with Gasteiger partial charge in [0.25, 0.3) is 0 Å². The van der Waals surface area contributed by atoms with Gasteiger partial charge >= 0.3 is 0 Å². The lowest BCUT2D eigenvalue weighted by Gasteiger charge is -2.33. The van der Waals surface area contributed by atoms with E-state index in [2.05, 4.69) is 24.9 Å². The number of piperazine rings is 1. The molecule has 1 aromatic carbocycles. The summed E-state index contributed by atoms with van der Waals surface area (Å²) in [6.07, 6.45) is 1.77. The van der Waals surface area contributed by atoms with Crippen LogP contribution in [0.3, 0.4) is 0 Å². The van der Waals surface area contributed by atoms with E-state index in [9.17, 15) is 0 Å². The summed E-state index contributed by atoms with van der Waals surface area (Å²) in [6, 6.07) is 7.57. The molecular weight excluding hydrogens is 354 g/mol. The predicted molar refractivity (Wildman–Crippen MR) is 96.5 cm³/mol. The van der Waals surface area contributed by atoms with Gasteiger partial charge < -0.3 is 8.94 Å². The summed E-state index contributed by atoms with van der Waals surface area (Å²) in [7, 11) is 0. The highest BCUT2D eigenvalue weighted by Crippen LogP contribution is 2.23. The Morgan fingerprint density at radius 3 is 2.27 bits per heavy atom. The van der Waals surface area contributed by atoms with Gasteiger partial charge in [-0.25, -0.2) is 4.98 Å². The highest BCUT2D eigenvalue weighted by Gasteiger charge is 2.20. The van der Waals surface area contributed by atoms with Gasteiger partial charge in [0.05, 0.1) is 19.3 Å². The Bertz CT molecular complexity index is 853. The van der Waals surface area contributed by atoms with Crippen molar-refractivity contribution in [3.05, 3.63) is 53.1 Å². The summed E-state index contributed by atoms with van der Waals surface area (Å²) < 4.78 is 11.1. The van der Waals surface area contributed by atoms with E-state index in [1.165, 1.54) is 0 Å². The molecule has 1 aliphatic rings. The average Bonchev–Trinajstić information content (AvgIpc) is 3.26. The molecule has 1 fully saturated rings. The lowest BCUT2D eigenvalue weighted by Crippen LogP contribution is -2.45.